The van der Waals surface area contributed by atoms with E-state index in [0.29, 0.717) is 6.54 Å². The summed E-state index contributed by atoms with van der Waals surface area (Å²) in [5.41, 5.74) is 2.10. The molecule has 5 nitrogen and oxygen atoms in total. The normalized spacial score (nSPS) is 15.3. The number of carbonyl (C=O) groups is 2. The third-order valence-electron chi connectivity index (χ3n) is 3.66. The predicted molar refractivity (Wildman–Crippen MR) is 86.2 cm³/mol. The highest BCUT2D eigenvalue weighted by Gasteiger charge is 2.30. The van der Waals surface area contributed by atoms with E-state index >= 15 is 0 Å². The van der Waals surface area contributed by atoms with Crippen molar-refractivity contribution in [1.29, 1.82) is 0 Å². The van der Waals surface area contributed by atoms with Crippen molar-refractivity contribution < 1.29 is 9.59 Å². The van der Waals surface area contributed by atoms with Gasteiger partial charge in [0.15, 0.2) is 0 Å². The summed E-state index contributed by atoms with van der Waals surface area (Å²) in [4.78, 5) is 23.3. The van der Waals surface area contributed by atoms with Gasteiger partial charge >= 0.3 is 6.03 Å². The molecule has 1 aliphatic rings. The van der Waals surface area contributed by atoms with E-state index in [9.17, 15) is 9.59 Å². The van der Waals surface area contributed by atoms with E-state index in [1.54, 1.807) is 0 Å². The van der Waals surface area contributed by atoms with E-state index in [1.807, 2.05) is 45.0 Å². The molecule has 0 aromatic heterocycles. The molecule has 1 atom stereocenters. The van der Waals surface area contributed by atoms with Gasteiger partial charge in [-0.3, -0.25) is 4.79 Å². The Bertz CT molecular complexity index is 521. The summed E-state index contributed by atoms with van der Waals surface area (Å²) in [6.45, 7) is 6.32. The fourth-order valence-corrected chi connectivity index (χ4v) is 2.18. The van der Waals surface area contributed by atoms with Crippen molar-refractivity contribution >= 4 is 11.9 Å². The molecule has 120 valence electrons. The number of benzene rings is 1. The third kappa shape index (κ3) is 5.06. The Kier molecular flexibility index (Phi) is 5.41. The van der Waals surface area contributed by atoms with Crippen molar-refractivity contribution in [3.8, 4) is 0 Å². The topological polar surface area (TPSA) is 70.2 Å². The molecule has 22 heavy (non-hydrogen) atoms. The fourth-order valence-electron chi connectivity index (χ4n) is 2.18. The van der Waals surface area contributed by atoms with Crippen LogP contribution < -0.4 is 16.0 Å². The first-order valence-electron chi connectivity index (χ1n) is 7.89. The predicted octanol–water partition coefficient (Wildman–Crippen LogP) is 2.48. The second-order valence-corrected chi connectivity index (χ2v) is 6.23. The average molecular weight is 303 g/mol. The van der Waals surface area contributed by atoms with Gasteiger partial charge in [-0.1, -0.05) is 24.3 Å². The minimum absolute atomic E-state index is 0.0133. The van der Waals surface area contributed by atoms with Crippen LogP contribution in [0.15, 0.2) is 24.3 Å². The minimum Gasteiger partial charge on any atom is -0.349 e. The maximum Gasteiger partial charge on any atom is 0.315 e. The smallest absolute Gasteiger partial charge is 0.315 e. The number of hydrogen-bond acceptors (Lipinski definition) is 2. The quantitative estimate of drug-likeness (QED) is 0.755. The molecular formula is C17H25N3O2. The number of hydrogen-bond donors (Lipinski definition) is 3. The highest BCUT2D eigenvalue weighted by Crippen LogP contribution is 2.29. The van der Waals surface area contributed by atoms with Gasteiger partial charge in [-0.2, -0.15) is 0 Å². The molecule has 3 N–H and O–H groups in total. The van der Waals surface area contributed by atoms with Crippen molar-refractivity contribution in [2.75, 3.05) is 0 Å². The van der Waals surface area contributed by atoms with Crippen molar-refractivity contribution in [1.82, 2.24) is 16.0 Å². The summed E-state index contributed by atoms with van der Waals surface area (Å²) >= 11 is 0. The number of carbonyl (C=O) groups excluding carboxylic acids is 2. The lowest BCUT2D eigenvalue weighted by Gasteiger charge is -2.15. The maximum atomic E-state index is 11.8. The van der Waals surface area contributed by atoms with Crippen molar-refractivity contribution in [2.24, 2.45) is 5.92 Å². The van der Waals surface area contributed by atoms with Crippen molar-refractivity contribution in [3.05, 3.63) is 35.4 Å². The van der Waals surface area contributed by atoms with Crippen LogP contribution in [-0.4, -0.2) is 18.0 Å². The molecule has 1 aromatic carbocycles. The number of rotatable bonds is 6. The zero-order valence-corrected chi connectivity index (χ0v) is 13.5. The van der Waals surface area contributed by atoms with Crippen LogP contribution in [0.4, 0.5) is 4.79 Å². The lowest BCUT2D eigenvalue weighted by molar-refractivity contribution is -0.122. The molecule has 1 saturated carbocycles. The Hall–Kier alpha value is -2.04. The van der Waals surface area contributed by atoms with Gasteiger partial charge in [0, 0.05) is 18.5 Å². The molecule has 1 fully saturated rings. The summed E-state index contributed by atoms with van der Waals surface area (Å²) in [5, 5.41) is 8.63. The molecule has 1 unspecified atom stereocenters. The van der Waals surface area contributed by atoms with E-state index in [1.165, 1.54) is 0 Å². The molecule has 2 rings (SSSR count). The highest BCUT2D eigenvalue weighted by atomic mass is 16.2. The Balaban J connectivity index is 1.81. The first kappa shape index (κ1) is 16.3. The summed E-state index contributed by atoms with van der Waals surface area (Å²) < 4.78 is 0. The van der Waals surface area contributed by atoms with E-state index in [4.69, 9.17) is 0 Å². The lowest BCUT2D eigenvalue weighted by atomic mass is 10.1. The van der Waals surface area contributed by atoms with Crippen LogP contribution in [0.25, 0.3) is 0 Å². The zero-order valence-electron chi connectivity index (χ0n) is 13.5. The Morgan fingerprint density at radius 2 is 1.73 bits per heavy atom. The van der Waals surface area contributed by atoms with Crippen LogP contribution >= 0.6 is 0 Å². The van der Waals surface area contributed by atoms with Crippen molar-refractivity contribution in [3.63, 3.8) is 0 Å². The van der Waals surface area contributed by atoms with Crippen LogP contribution in [0.5, 0.6) is 0 Å². The van der Waals surface area contributed by atoms with E-state index in [-0.39, 0.29) is 29.9 Å². The molecule has 0 spiro atoms. The summed E-state index contributed by atoms with van der Waals surface area (Å²) in [6.07, 6.45) is 2.03. The molecule has 0 saturated heterocycles. The Morgan fingerprint density at radius 3 is 2.27 bits per heavy atom. The minimum atomic E-state index is -0.163. The van der Waals surface area contributed by atoms with Gasteiger partial charge < -0.3 is 16.0 Å². The number of nitrogens with one attached hydrogen (secondary N) is 3. The Labute approximate surface area is 131 Å². The fraction of sp³-hybridized carbons (Fsp3) is 0.529. The van der Waals surface area contributed by atoms with Gasteiger partial charge in [-0.25, -0.2) is 4.79 Å². The van der Waals surface area contributed by atoms with Crippen LogP contribution in [0.2, 0.25) is 0 Å². The van der Waals surface area contributed by atoms with Gasteiger partial charge in [-0.15, -0.1) is 0 Å². The molecule has 5 heteroatoms. The van der Waals surface area contributed by atoms with Gasteiger partial charge in [0.05, 0.1) is 6.04 Å². The van der Waals surface area contributed by atoms with Crippen LogP contribution in [0.3, 0.4) is 0 Å². The maximum absolute atomic E-state index is 11.8. The largest absolute Gasteiger partial charge is 0.349 e. The second-order valence-electron chi connectivity index (χ2n) is 6.23. The second kappa shape index (κ2) is 7.29. The molecule has 0 radical (unpaired) electrons. The summed E-state index contributed by atoms with van der Waals surface area (Å²) in [7, 11) is 0. The van der Waals surface area contributed by atoms with E-state index in [2.05, 4.69) is 16.0 Å². The summed E-state index contributed by atoms with van der Waals surface area (Å²) in [6, 6.07) is 7.92. The van der Waals surface area contributed by atoms with Gasteiger partial charge in [0.2, 0.25) is 5.91 Å². The van der Waals surface area contributed by atoms with Crippen LogP contribution in [0, 0.1) is 5.92 Å². The van der Waals surface area contributed by atoms with E-state index < -0.39 is 0 Å². The number of urea groups is 1. The zero-order chi connectivity index (χ0) is 16.1. The van der Waals surface area contributed by atoms with Crippen LogP contribution in [-0.2, 0) is 11.3 Å². The molecule has 3 amide bonds. The molecule has 0 aliphatic heterocycles. The molecule has 0 bridgehead atoms. The van der Waals surface area contributed by atoms with Gasteiger partial charge in [-0.05, 0) is 44.7 Å². The third-order valence-corrected chi connectivity index (χ3v) is 3.66. The van der Waals surface area contributed by atoms with Gasteiger partial charge in [0.1, 0.15) is 0 Å². The van der Waals surface area contributed by atoms with Crippen LogP contribution in [0.1, 0.15) is 50.8 Å². The first-order chi connectivity index (χ1) is 10.5. The highest BCUT2D eigenvalue weighted by molar-refractivity contribution is 5.81. The molecule has 1 aliphatic carbocycles. The summed E-state index contributed by atoms with van der Waals surface area (Å²) in [5.74, 6) is 0.383. The molecule has 0 heterocycles. The molecule has 1 aromatic rings. The first-order valence-corrected chi connectivity index (χ1v) is 7.89. The number of amides is 3. The monoisotopic (exact) mass is 303 g/mol. The Morgan fingerprint density at radius 1 is 1.09 bits per heavy atom. The SMILES string of the molecule is CC(C)NC(=O)NCc1ccc(C(C)NC(=O)C2CC2)cc1. The molecular weight excluding hydrogens is 278 g/mol. The van der Waals surface area contributed by atoms with Crippen molar-refractivity contribution in [2.45, 2.75) is 52.2 Å². The average Bonchev–Trinajstić information content (AvgIpc) is 3.29. The standard InChI is InChI=1S/C17H25N3O2/c1-11(2)19-17(22)18-10-13-4-6-14(7-5-13)12(3)20-16(21)15-8-9-15/h4-7,11-12,15H,8-10H2,1-3H3,(H,20,21)(H2,18,19,22). The van der Waals surface area contributed by atoms with Gasteiger partial charge in [0.25, 0.3) is 0 Å². The van der Waals surface area contributed by atoms with E-state index in [0.717, 1.165) is 24.0 Å². The lowest BCUT2D eigenvalue weighted by Crippen LogP contribution is -2.39.